The van der Waals surface area contributed by atoms with E-state index in [0.29, 0.717) is 17.4 Å². The molecule has 1 N–H and O–H groups in total. The zero-order chi connectivity index (χ0) is 14.8. The van der Waals surface area contributed by atoms with Crippen molar-refractivity contribution in [3.63, 3.8) is 0 Å². The Bertz CT molecular complexity index is 458. The number of likely N-dealkylation sites (N-methyl/N-ethyl adjacent to an activating group) is 1. The number of nitrogens with one attached hydrogen (secondary N) is 1. The average molecular weight is 298 g/mol. The number of halogens is 2. The summed E-state index contributed by atoms with van der Waals surface area (Å²) >= 11 is 5.75. The van der Waals surface area contributed by atoms with Gasteiger partial charge in [0.05, 0.1) is 5.02 Å². The van der Waals surface area contributed by atoms with E-state index in [1.54, 1.807) is 12.1 Å². The van der Waals surface area contributed by atoms with Crippen molar-refractivity contribution < 1.29 is 4.39 Å². The Morgan fingerprint density at radius 2 is 2.15 bits per heavy atom. The van der Waals surface area contributed by atoms with E-state index in [4.69, 9.17) is 11.6 Å². The van der Waals surface area contributed by atoms with E-state index in [1.807, 2.05) is 13.1 Å². The van der Waals surface area contributed by atoms with E-state index >= 15 is 0 Å². The van der Waals surface area contributed by atoms with E-state index in [0.717, 1.165) is 12.0 Å². The second-order valence-electron chi connectivity index (χ2n) is 6.69. The first-order chi connectivity index (χ1) is 9.44. The number of hydrogen-bond acceptors (Lipinski definition) is 1. The van der Waals surface area contributed by atoms with Crippen LogP contribution < -0.4 is 5.32 Å². The smallest absolute Gasteiger partial charge is 0.142 e. The van der Waals surface area contributed by atoms with Crippen molar-refractivity contribution in [2.45, 2.75) is 52.0 Å². The van der Waals surface area contributed by atoms with Crippen LogP contribution in [-0.2, 0) is 6.42 Å². The van der Waals surface area contributed by atoms with Crippen LogP contribution in [0.2, 0.25) is 5.02 Å². The fourth-order valence-electron chi connectivity index (χ4n) is 3.63. The largest absolute Gasteiger partial charge is 0.316 e. The first-order valence-electron chi connectivity index (χ1n) is 7.55. The Hall–Kier alpha value is -0.600. The Kier molecular flexibility index (Phi) is 5.09. The van der Waals surface area contributed by atoms with Gasteiger partial charge in [0.1, 0.15) is 5.82 Å². The lowest BCUT2D eigenvalue weighted by molar-refractivity contribution is 0.101. The monoisotopic (exact) mass is 297 g/mol. The minimum atomic E-state index is -0.318. The maximum atomic E-state index is 13.6. The molecule has 0 heterocycles. The van der Waals surface area contributed by atoms with Crippen LogP contribution in [0.15, 0.2) is 18.2 Å². The fourth-order valence-corrected chi connectivity index (χ4v) is 3.75. The topological polar surface area (TPSA) is 12.0 Å². The molecule has 0 radical (unpaired) electrons. The predicted molar refractivity (Wildman–Crippen MR) is 83.7 cm³/mol. The molecule has 112 valence electrons. The molecule has 2 atom stereocenters. The van der Waals surface area contributed by atoms with Gasteiger partial charge in [0.2, 0.25) is 0 Å². The summed E-state index contributed by atoms with van der Waals surface area (Å²) in [6.45, 7) is 4.73. The molecule has 2 unspecified atom stereocenters. The van der Waals surface area contributed by atoms with E-state index in [2.05, 4.69) is 19.2 Å². The Labute approximate surface area is 126 Å². The molecule has 1 aromatic carbocycles. The van der Waals surface area contributed by atoms with Gasteiger partial charge < -0.3 is 5.32 Å². The summed E-state index contributed by atoms with van der Waals surface area (Å²) in [5.41, 5.74) is 1.38. The molecule has 1 fully saturated rings. The van der Waals surface area contributed by atoms with Gasteiger partial charge in [-0.3, -0.25) is 0 Å². The minimum absolute atomic E-state index is 0.202. The van der Waals surface area contributed by atoms with Crippen LogP contribution in [0.5, 0.6) is 0 Å². The molecule has 0 spiro atoms. The van der Waals surface area contributed by atoms with Crippen LogP contribution in [0.1, 0.15) is 45.1 Å². The van der Waals surface area contributed by atoms with Crippen molar-refractivity contribution >= 4 is 11.6 Å². The lowest BCUT2D eigenvalue weighted by Gasteiger charge is -2.43. The van der Waals surface area contributed by atoms with Crippen molar-refractivity contribution in [3.8, 4) is 0 Å². The summed E-state index contributed by atoms with van der Waals surface area (Å²) in [5.74, 6) is 0.321. The molecule has 20 heavy (non-hydrogen) atoms. The summed E-state index contributed by atoms with van der Waals surface area (Å²) in [6, 6.07) is 5.56. The lowest BCUT2D eigenvalue weighted by atomic mass is 9.65. The molecule has 1 aromatic rings. The highest BCUT2D eigenvalue weighted by atomic mass is 35.5. The zero-order valence-corrected chi connectivity index (χ0v) is 13.4. The summed E-state index contributed by atoms with van der Waals surface area (Å²) in [6.07, 6.45) is 6.04. The maximum Gasteiger partial charge on any atom is 0.142 e. The highest BCUT2D eigenvalue weighted by molar-refractivity contribution is 6.30. The molecule has 0 bridgehead atoms. The van der Waals surface area contributed by atoms with Gasteiger partial charge in [-0.25, -0.2) is 4.39 Å². The molecule has 0 saturated heterocycles. The zero-order valence-electron chi connectivity index (χ0n) is 12.7. The van der Waals surface area contributed by atoms with Gasteiger partial charge in [-0.2, -0.15) is 0 Å². The lowest BCUT2D eigenvalue weighted by Crippen LogP contribution is -2.44. The first kappa shape index (κ1) is 15.8. The second-order valence-corrected chi connectivity index (χ2v) is 7.10. The van der Waals surface area contributed by atoms with Gasteiger partial charge in [0, 0.05) is 6.04 Å². The van der Waals surface area contributed by atoms with E-state index < -0.39 is 0 Å². The van der Waals surface area contributed by atoms with Gasteiger partial charge in [-0.1, -0.05) is 44.4 Å². The van der Waals surface area contributed by atoms with E-state index in [-0.39, 0.29) is 10.8 Å². The van der Waals surface area contributed by atoms with Crippen LogP contribution >= 0.6 is 11.6 Å². The molecular formula is C17H25ClFN. The molecule has 2 rings (SSSR count). The third-order valence-corrected chi connectivity index (χ3v) is 5.19. The van der Waals surface area contributed by atoms with Crippen LogP contribution in [0.4, 0.5) is 4.39 Å². The second kappa shape index (κ2) is 6.44. The average Bonchev–Trinajstić information content (AvgIpc) is 2.40. The van der Waals surface area contributed by atoms with Crippen molar-refractivity contribution in [1.82, 2.24) is 5.32 Å². The van der Waals surface area contributed by atoms with E-state index in [1.165, 1.54) is 25.7 Å². The van der Waals surface area contributed by atoms with Crippen molar-refractivity contribution in [2.75, 3.05) is 7.05 Å². The van der Waals surface area contributed by atoms with Crippen molar-refractivity contribution in [2.24, 2.45) is 11.3 Å². The number of benzene rings is 1. The van der Waals surface area contributed by atoms with Crippen molar-refractivity contribution in [1.29, 1.82) is 0 Å². The summed E-state index contributed by atoms with van der Waals surface area (Å²) in [7, 11) is 2.02. The molecule has 1 saturated carbocycles. The molecule has 1 nitrogen and oxygen atoms in total. The van der Waals surface area contributed by atoms with Crippen LogP contribution in [0.25, 0.3) is 0 Å². The third-order valence-electron chi connectivity index (χ3n) is 4.89. The van der Waals surface area contributed by atoms with Gasteiger partial charge in [0.15, 0.2) is 0 Å². The number of hydrogen-bond donors (Lipinski definition) is 1. The summed E-state index contributed by atoms with van der Waals surface area (Å²) in [5, 5.41) is 3.66. The SMILES string of the molecule is CNC(Cc1ccc(Cl)c(F)c1)C1CCCCC1(C)C. The quantitative estimate of drug-likeness (QED) is 0.839. The number of rotatable bonds is 4. The normalized spacial score (nSPS) is 23.6. The Morgan fingerprint density at radius 1 is 1.40 bits per heavy atom. The standard InChI is InChI=1S/C17H25ClFN/c1-17(2)9-5-4-6-13(17)16(20-3)11-12-7-8-14(18)15(19)10-12/h7-8,10,13,16,20H,4-6,9,11H2,1-3H3. The fraction of sp³-hybridized carbons (Fsp3) is 0.647. The van der Waals surface area contributed by atoms with Gasteiger partial charge in [-0.15, -0.1) is 0 Å². The molecule has 0 aromatic heterocycles. The molecular weight excluding hydrogens is 273 g/mol. The van der Waals surface area contributed by atoms with E-state index in [9.17, 15) is 4.39 Å². The molecule has 0 amide bonds. The molecule has 3 heteroatoms. The first-order valence-corrected chi connectivity index (χ1v) is 7.93. The highest BCUT2D eigenvalue weighted by Crippen LogP contribution is 2.42. The maximum absolute atomic E-state index is 13.6. The summed E-state index contributed by atoms with van der Waals surface area (Å²) < 4.78 is 13.6. The summed E-state index contributed by atoms with van der Waals surface area (Å²) in [4.78, 5) is 0. The van der Waals surface area contributed by atoms with Gasteiger partial charge in [0.25, 0.3) is 0 Å². The van der Waals surface area contributed by atoms with Crippen LogP contribution in [-0.4, -0.2) is 13.1 Å². The minimum Gasteiger partial charge on any atom is -0.316 e. The molecule has 0 aliphatic heterocycles. The predicted octanol–water partition coefficient (Wildman–Crippen LogP) is 4.83. The molecule has 1 aliphatic rings. The van der Waals surface area contributed by atoms with Gasteiger partial charge in [-0.05, 0) is 55.3 Å². The Balaban J connectivity index is 2.13. The van der Waals surface area contributed by atoms with Gasteiger partial charge >= 0.3 is 0 Å². The van der Waals surface area contributed by atoms with Crippen molar-refractivity contribution in [3.05, 3.63) is 34.6 Å². The van der Waals surface area contributed by atoms with Crippen LogP contribution in [0.3, 0.4) is 0 Å². The highest BCUT2D eigenvalue weighted by Gasteiger charge is 2.36. The Morgan fingerprint density at radius 3 is 2.75 bits per heavy atom. The molecule has 1 aliphatic carbocycles. The van der Waals surface area contributed by atoms with Crippen LogP contribution in [0, 0.1) is 17.2 Å². The third kappa shape index (κ3) is 3.53.